The molecule has 0 atom stereocenters. The molecule has 1 aliphatic heterocycles. The number of nitrogens with zero attached hydrogens (tertiary/aromatic N) is 2. The van der Waals surface area contributed by atoms with Gasteiger partial charge in [-0.1, -0.05) is 26.0 Å². The van der Waals surface area contributed by atoms with Gasteiger partial charge < -0.3 is 16.0 Å². The summed E-state index contributed by atoms with van der Waals surface area (Å²) in [5.74, 6) is 0.937. The van der Waals surface area contributed by atoms with Crippen LogP contribution in [-0.4, -0.2) is 62.1 Å². The molecular formula is C18H35N5O. The average Bonchev–Trinajstić information content (AvgIpc) is 2.52. The summed E-state index contributed by atoms with van der Waals surface area (Å²) in [6.45, 7) is 17.1. The zero-order chi connectivity index (χ0) is 17.9. The molecule has 1 rings (SSSR count). The van der Waals surface area contributed by atoms with Crippen molar-refractivity contribution in [2.24, 2.45) is 10.9 Å². The average molecular weight is 338 g/mol. The van der Waals surface area contributed by atoms with E-state index in [4.69, 9.17) is 0 Å². The van der Waals surface area contributed by atoms with Gasteiger partial charge in [-0.2, -0.15) is 0 Å². The monoisotopic (exact) mass is 337 g/mol. The molecule has 0 radical (unpaired) electrons. The molecule has 6 nitrogen and oxygen atoms in total. The number of likely N-dealkylation sites (tertiary alicyclic amines) is 1. The third-order valence-electron chi connectivity index (χ3n) is 3.97. The van der Waals surface area contributed by atoms with Gasteiger partial charge in [-0.25, -0.2) is 0 Å². The zero-order valence-electron chi connectivity index (χ0n) is 15.8. The number of hydrogen-bond donors (Lipinski definition) is 3. The van der Waals surface area contributed by atoms with Gasteiger partial charge in [-0.15, -0.1) is 0 Å². The van der Waals surface area contributed by atoms with Crippen LogP contribution >= 0.6 is 0 Å². The zero-order valence-corrected chi connectivity index (χ0v) is 15.8. The van der Waals surface area contributed by atoms with Crippen LogP contribution in [0.5, 0.6) is 0 Å². The Morgan fingerprint density at radius 2 is 1.96 bits per heavy atom. The van der Waals surface area contributed by atoms with Gasteiger partial charge in [0.1, 0.15) is 0 Å². The number of guanidine groups is 1. The van der Waals surface area contributed by atoms with E-state index in [2.05, 4.69) is 46.3 Å². The SMILES string of the molecule is C=C(C)CN1CCC(NC(=NCCNC(=O)C(C)C)NCC)CC1. The first-order valence-electron chi connectivity index (χ1n) is 9.11. The second-order valence-corrected chi connectivity index (χ2v) is 6.86. The van der Waals surface area contributed by atoms with Crippen molar-refractivity contribution in [3.05, 3.63) is 12.2 Å². The molecule has 0 aromatic heterocycles. The summed E-state index contributed by atoms with van der Waals surface area (Å²) in [6.07, 6.45) is 2.23. The molecule has 138 valence electrons. The molecule has 0 aliphatic carbocycles. The third kappa shape index (κ3) is 8.34. The lowest BCUT2D eigenvalue weighted by molar-refractivity contribution is -0.123. The predicted molar refractivity (Wildman–Crippen MR) is 101 cm³/mol. The van der Waals surface area contributed by atoms with Crippen LogP contribution in [0.4, 0.5) is 0 Å². The van der Waals surface area contributed by atoms with Gasteiger partial charge in [0.2, 0.25) is 5.91 Å². The van der Waals surface area contributed by atoms with Gasteiger partial charge >= 0.3 is 0 Å². The lowest BCUT2D eigenvalue weighted by Crippen LogP contribution is -2.49. The topological polar surface area (TPSA) is 68.8 Å². The van der Waals surface area contributed by atoms with Crippen LogP contribution in [0.15, 0.2) is 17.1 Å². The van der Waals surface area contributed by atoms with E-state index < -0.39 is 0 Å². The van der Waals surface area contributed by atoms with Gasteiger partial charge in [0, 0.05) is 44.7 Å². The maximum Gasteiger partial charge on any atom is 0.222 e. The van der Waals surface area contributed by atoms with Crippen molar-refractivity contribution in [2.75, 3.05) is 39.3 Å². The quantitative estimate of drug-likeness (QED) is 0.271. The molecule has 6 heteroatoms. The van der Waals surface area contributed by atoms with E-state index >= 15 is 0 Å². The van der Waals surface area contributed by atoms with E-state index in [-0.39, 0.29) is 11.8 Å². The maximum absolute atomic E-state index is 11.5. The van der Waals surface area contributed by atoms with Crippen LogP contribution in [0, 0.1) is 5.92 Å². The van der Waals surface area contributed by atoms with Gasteiger partial charge in [0.25, 0.3) is 0 Å². The van der Waals surface area contributed by atoms with Crippen molar-refractivity contribution < 1.29 is 4.79 Å². The summed E-state index contributed by atoms with van der Waals surface area (Å²) >= 11 is 0. The van der Waals surface area contributed by atoms with E-state index in [1.165, 1.54) is 5.57 Å². The largest absolute Gasteiger partial charge is 0.357 e. The normalized spacial score (nSPS) is 17.0. The Hall–Kier alpha value is -1.56. The minimum atomic E-state index is 0.0183. The number of carbonyl (C=O) groups excluding carboxylic acids is 1. The molecule has 1 fully saturated rings. The number of amides is 1. The Kier molecular flexibility index (Phi) is 9.45. The number of carbonyl (C=O) groups is 1. The van der Waals surface area contributed by atoms with Crippen molar-refractivity contribution in [2.45, 2.75) is 46.6 Å². The Morgan fingerprint density at radius 3 is 2.50 bits per heavy atom. The molecule has 1 amide bonds. The summed E-state index contributed by atoms with van der Waals surface area (Å²) in [4.78, 5) is 18.5. The van der Waals surface area contributed by atoms with Crippen LogP contribution in [0.1, 0.15) is 40.5 Å². The lowest BCUT2D eigenvalue weighted by Gasteiger charge is -2.33. The fourth-order valence-electron chi connectivity index (χ4n) is 2.68. The number of hydrogen-bond acceptors (Lipinski definition) is 3. The Balaban J connectivity index is 2.36. The highest BCUT2D eigenvalue weighted by Crippen LogP contribution is 2.11. The molecule has 0 saturated carbocycles. The summed E-state index contributed by atoms with van der Waals surface area (Å²) < 4.78 is 0. The molecule has 3 N–H and O–H groups in total. The van der Waals surface area contributed by atoms with Crippen LogP contribution in [0.2, 0.25) is 0 Å². The highest BCUT2D eigenvalue weighted by molar-refractivity contribution is 5.80. The molecule has 0 spiro atoms. The van der Waals surface area contributed by atoms with E-state index in [9.17, 15) is 4.79 Å². The third-order valence-corrected chi connectivity index (χ3v) is 3.97. The molecule has 1 aliphatic rings. The maximum atomic E-state index is 11.5. The van der Waals surface area contributed by atoms with E-state index in [1.54, 1.807) is 0 Å². The van der Waals surface area contributed by atoms with Crippen LogP contribution in [0.25, 0.3) is 0 Å². The van der Waals surface area contributed by atoms with Crippen LogP contribution in [-0.2, 0) is 4.79 Å². The van der Waals surface area contributed by atoms with Crippen molar-refractivity contribution in [1.29, 1.82) is 0 Å². The second-order valence-electron chi connectivity index (χ2n) is 6.86. The first-order chi connectivity index (χ1) is 11.4. The smallest absolute Gasteiger partial charge is 0.222 e. The summed E-state index contributed by atoms with van der Waals surface area (Å²) in [5, 5.41) is 9.69. The number of piperidine rings is 1. The Bertz CT molecular complexity index is 425. The van der Waals surface area contributed by atoms with Crippen molar-refractivity contribution >= 4 is 11.9 Å². The summed E-state index contributed by atoms with van der Waals surface area (Å²) in [5.41, 5.74) is 1.22. The predicted octanol–water partition coefficient (Wildman–Crippen LogP) is 1.35. The number of aliphatic imine (C=N–C) groups is 1. The second kappa shape index (κ2) is 11.1. The fraction of sp³-hybridized carbons (Fsp3) is 0.778. The molecule has 0 aromatic rings. The fourth-order valence-corrected chi connectivity index (χ4v) is 2.68. The molecule has 1 heterocycles. The van der Waals surface area contributed by atoms with Gasteiger partial charge in [0.05, 0.1) is 6.54 Å². The van der Waals surface area contributed by atoms with E-state index in [1.807, 2.05) is 13.8 Å². The lowest BCUT2D eigenvalue weighted by atomic mass is 10.0. The molecule has 0 aromatic carbocycles. The molecule has 1 saturated heterocycles. The first kappa shape index (κ1) is 20.5. The standard InChI is InChI=1S/C18H35N5O/c1-6-19-18(21-10-9-20-17(24)15(4)5)22-16-7-11-23(12-8-16)13-14(2)3/h15-16H,2,6-13H2,1,3-5H3,(H,20,24)(H2,19,21,22). The number of nitrogens with one attached hydrogen (secondary N) is 3. The first-order valence-corrected chi connectivity index (χ1v) is 9.11. The Morgan fingerprint density at radius 1 is 1.29 bits per heavy atom. The van der Waals surface area contributed by atoms with Crippen molar-refractivity contribution in [3.8, 4) is 0 Å². The van der Waals surface area contributed by atoms with Crippen LogP contribution in [0.3, 0.4) is 0 Å². The molecule has 0 bridgehead atoms. The molecular weight excluding hydrogens is 302 g/mol. The van der Waals surface area contributed by atoms with Crippen molar-refractivity contribution in [1.82, 2.24) is 20.9 Å². The van der Waals surface area contributed by atoms with Crippen molar-refractivity contribution in [3.63, 3.8) is 0 Å². The molecule has 24 heavy (non-hydrogen) atoms. The van der Waals surface area contributed by atoms with Gasteiger partial charge in [-0.3, -0.25) is 14.7 Å². The summed E-state index contributed by atoms with van der Waals surface area (Å²) in [6, 6.07) is 0.453. The highest BCUT2D eigenvalue weighted by Gasteiger charge is 2.19. The minimum absolute atomic E-state index is 0.0183. The Labute approximate surface area is 147 Å². The van der Waals surface area contributed by atoms with E-state index in [0.29, 0.717) is 19.1 Å². The molecule has 0 unspecified atom stereocenters. The van der Waals surface area contributed by atoms with Crippen LogP contribution < -0.4 is 16.0 Å². The van der Waals surface area contributed by atoms with Gasteiger partial charge in [0.15, 0.2) is 5.96 Å². The number of rotatable bonds is 8. The van der Waals surface area contributed by atoms with E-state index in [0.717, 1.165) is 45.0 Å². The van der Waals surface area contributed by atoms with Gasteiger partial charge in [-0.05, 0) is 26.7 Å². The minimum Gasteiger partial charge on any atom is -0.357 e. The highest BCUT2D eigenvalue weighted by atomic mass is 16.1. The summed E-state index contributed by atoms with van der Waals surface area (Å²) in [7, 11) is 0.